The molecule has 4 N–H and O–H groups in total. The zero-order valence-electron chi connectivity index (χ0n) is 18.0. The summed E-state index contributed by atoms with van der Waals surface area (Å²) in [6, 6.07) is 13.3. The largest absolute Gasteiger partial charge is 0.507 e. The minimum absolute atomic E-state index is 0.00959. The Bertz CT molecular complexity index is 1090. The number of nitrogens with zero attached hydrogens (tertiary/aromatic N) is 2. The number of phenolic OH excluding ortho intramolecular Hbond substituents is 1. The Balaban J connectivity index is 1.41. The van der Waals surface area contributed by atoms with Crippen molar-refractivity contribution in [3.8, 4) is 33.9 Å². The molecule has 0 saturated carbocycles. The number of aromatic amines is 1. The second-order valence-corrected chi connectivity index (χ2v) is 9.04. The van der Waals surface area contributed by atoms with Crippen molar-refractivity contribution in [2.75, 3.05) is 26.2 Å². The summed E-state index contributed by atoms with van der Waals surface area (Å²) in [7, 11) is 0. The van der Waals surface area contributed by atoms with Crippen molar-refractivity contribution < 1.29 is 14.6 Å². The Morgan fingerprint density at radius 1 is 1.25 bits per heavy atom. The predicted molar refractivity (Wildman–Crippen MR) is 127 cm³/mol. The molecular weight excluding hydrogens is 472 g/mol. The van der Waals surface area contributed by atoms with E-state index in [-0.39, 0.29) is 17.6 Å². The van der Waals surface area contributed by atoms with Crippen LogP contribution in [0.3, 0.4) is 0 Å². The number of nitrogens with one attached hydrogen (secondary N) is 1. The first-order valence-corrected chi connectivity index (χ1v) is 11.5. The van der Waals surface area contributed by atoms with Gasteiger partial charge in [0.05, 0.1) is 0 Å². The van der Waals surface area contributed by atoms with Gasteiger partial charge in [-0.05, 0) is 62.7 Å². The minimum Gasteiger partial charge on any atom is -0.507 e. The van der Waals surface area contributed by atoms with E-state index in [1.165, 1.54) is 0 Å². The van der Waals surface area contributed by atoms with Gasteiger partial charge in [0.15, 0.2) is 0 Å². The molecule has 7 nitrogen and oxygen atoms in total. The molecule has 0 unspecified atom stereocenters. The number of benzene rings is 2. The lowest BCUT2D eigenvalue weighted by atomic mass is 9.96. The summed E-state index contributed by atoms with van der Waals surface area (Å²) in [6.45, 7) is 4.93. The summed E-state index contributed by atoms with van der Waals surface area (Å²) < 4.78 is 6.87. The van der Waals surface area contributed by atoms with Crippen LogP contribution in [0.5, 0.6) is 11.5 Å². The van der Waals surface area contributed by atoms with Crippen LogP contribution in [-0.4, -0.2) is 52.4 Å². The number of rotatable bonds is 7. The van der Waals surface area contributed by atoms with Crippen molar-refractivity contribution in [1.29, 1.82) is 0 Å². The molecule has 0 atom stereocenters. The fourth-order valence-corrected chi connectivity index (χ4v) is 4.39. The SMILES string of the molecule is Cc1[nH]nc(-c2ccc(OCCN3CCC(C(N)=O)CC3)cc2O)c1-c1ccc(Br)cc1. The summed E-state index contributed by atoms with van der Waals surface area (Å²) in [5, 5.41) is 18.2. The normalized spacial score (nSPS) is 15.1. The lowest BCUT2D eigenvalue weighted by Crippen LogP contribution is -2.40. The summed E-state index contributed by atoms with van der Waals surface area (Å²) >= 11 is 3.47. The van der Waals surface area contributed by atoms with Crippen molar-refractivity contribution in [3.63, 3.8) is 0 Å². The molecule has 0 spiro atoms. The van der Waals surface area contributed by atoms with Crippen molar-refractivity contribution >= 4 is 21.8 Å². The van der Waals surface area contributed by atoms with Gasteiger partial charge >= 0.3 is 0 Å². The Kier molecular flexibility index (Phi) is 6.81. The third-order valence-corrected chi connectivity index (χ3v) is 6.50. The average molecular weight is 499 g/mol. The van der Waals surface area contributed by atoms with Gasteiger partial charge in [-0.15, -0.1) is 0 Å². The number of H-pyrrole nitrogens is 1. The number of carbonyl (C=O) groups excluding carboxylic acids is 1. The fourth-order valence-electron chi connectivity index (χ4n) is 4.13. The van der Waals surface area contributed by atoms with Crippen molar-refractivity contribution in [3.05, 3.63) is 52.6 Å². The predicted octanol–water partition coefficient (Wildman–Crippen LogP) is 4.10. The first-order chi connectivity index (χ1) is 15.4. The van der Waals surface area contributed by atoms with Crippen LogP contribution in [0.4, 0.5) is 0 Å². The van der Waals surface area contributed by atoms with E-state index in [9.17, 15) is 9.90 Å². The molecule has 1 aliphatic rings. The molecule has 3 aromatic rings. The molecular formula is C24H27BrN4O3. The second-order valence-electron chi connectivity index (χ2n) is 8.12. The zero-order chi connectivity index (χ0) is 22.7. The van der Waals surface area contributed by atoms with Gasteiger partial charge in [0.2, 0.25) is 5.91 Å². The quantitative estimate of drug-likeness (QED) is 0.454. The number of aryl methyl sites for hydroxylation is 1. The monoisotopic (exact) mass is 498 g/mol. The highest BCUT2D eigenvalue weighted by molar-refractivity contribution is 9.10. The van der Waals surface area contributed by atoms with E-state index < -0.39 is 0 Å². The zero-order valence-corrected chi connectivity index (χ0v) is 19.6. The standard InChI is InChI=1S/C24H27BrN4O3/c1-15-22(16-2-4-18(25)5-3-16)23(28-27-15)20-7-6-19(14-21(20)30)32-13-12-29-10-8-17(9-11-29)24(26)31/h2-7,14,17,30H,8-13H2,1H3,(H2,26,31)(H,27,28). The Hall–Kier alpha value is -2.84. The van der Waals surface area contributed by atoms with Crippen molar-refractivity contribution in [2.45, 2.75) is 19.8 Å². The summed E-state index contributed by atoms with van der Waals surface area (Å²) in [5.41, 5.74) is 9.65. The first-order valence-electron chi connectivity index (χ1n) is 10.7. The van der Waals surface area contributed by atoms with E-state index in [2.05, 4.69) is 31.0 Å². The van der Waals surface area contributed by atoms with Crippen LogP contribution in [0.1, 0.15) is 18.5 Å². The van der Waals surface area contributed by atoms with Gasteiger partial charge in [0.25, 0.3) is 0 Å². The Morgan fingerprint density at radius 3 is 2.62 bits per heavy atom. The number of nitrogens with two attached hydrogens (primary N) is 1. The molecule has 4 rings (SSSR count). The maximum Gasteiger partial charge on any atom is 0.220 e. The number of hydrogen-bond donors (Lipinski definition) is 3. The first kappa shape index (κ1) is 22.4. The van der Waals surface area contributed by atoms with Gasteiger partial charge in [-0.25, -0.2) is 0 Å². The number of carbonyl (C=O) groups is 1. The molecule has 1 aliphatic heterocycles. The summed E-state index contributed by atoms with van der Waals surface area (Å²) in [4.78, 5) is 13.6. The average Bonchev–Trinajstić information content (AvgIpc) is 3.16. The molecule has 1 amide bonds. The number of likely N-dealkylation sites (tertiary alicyclic amines) is 1. The van der Waals surface area contributed by atoms with Gasteiger partial charge in [0.1, 0.15) is 23.8 Å². The molecule has 2 aromatic carbocycles. The molecule has 32 heavy (non-hydrogen) atoms. The van der Waals surface area contributed by atoms with Crippen molar-refractivity contribution in [2.24, 2.45) is 11.7 Å². The molecule has 168 valence electrons. The van der Waals surface area contributed by atoms with E-state index in [1.54, 1.807) is 6.07 Å². The molecule has 0 bridgehead atoms. The number of primary amides is 1. The Morgan fingerprint density at radius 2 is 1.97 bits per heavy atom. The van der Waals surface area contributed by atoms with Crippen LogP contribution in [0, 0.1) is 12.8 Å². The number of phenols is 1. The van der Waals surface area contributed by atoms with Gasteiger partial charge in [-0.3, -0.25) is 14.8 Å². The molecule has 1 aromatic heterocycles. The minimum atomic E-state index is -0.202. The van der Waals surface area contributed by atoms with Crippen LogP contribution >= 0.6 is 15.9 Å². The molecule has 1 saturated heterocycles. The summed E-state index contributed by atoms with van der Waals surface area (Å²) in [5.74, 6) is 0.516. The van der Waals surface area contributed by atoms with Crippen LogP contribution in [0.2, 0.25) is 0 Å². The number of amides is 1. The van der Waals surface area contributed by atoms with Crippen LogP contribution in [-0.2, 0) is 4.79 Å². The Labute approximate surface area is 195 Å². The number of halogens is 1. The number of ether oxygens (including phenoxy) is 1. The van der Waals surface area contributed by atoms with E-state index in [0.717, 1.165) is 53.8 Å². The highest BCUT2D eigenvalue weighted by Gasteiger charge is 2.23. The maximum atomic E-state index is 11.3. The smallest absolute Gasteiger partial charge is 0.220 e. The molecule has 1 fully saturated rings. The third kappa shape index (κ3) is 4.97. The van der Waals surface area contributed by atoms with E-state index in [0.29, 0.717) is 23.6 Å². The van der Waals surface area contributed by atoms with Crippen LogP contribution in [0.25, 0.3) is 22.4 Å². The van der Waals surface area contributed by atoms with Crippen LogP contribution in [0.15, 0.2) is 46.9 Å². The highest BCUT2D eigenvalue weighted by atomic mass is 79.9. The van der Waals surface area contributed by atoms with Gasteiger partial charge < -0.3 is 15.6 Å². The van der Waals surface area contributed by atoms with E-state index in [4.69, 9.17) is 10.5 Å². The second kappa shape index (κ2) is 9.75. The highest BCUT2D eigenvalue weighted by Crippen LogP contribution is 2.39. The van der Waals surface area contributed by atoms with Gasteiger partial charge in [-0.2, -0.15) is 5.10 Å². The fraction of sp³-hybridized carbons (Fsp3) is 0.333. The molecule has 0 radical (unpaired) electrons. The van der Waals surface area contributed by atoms with Gasteiger partial charge in [0, 0.05) is 39.8 Å². The lowest BCUT2D eigenvalue weighted by molar-refractivity contribution is -0.123. The number of aromatic hydroxyl groups is 1. The van der Waals surface area contributed by atoms with Gasteiger partial charge in [-0.1, -0.05) is 28.1 Å². The number of piperidine rings is 1. The summed E-state index contributed by atoms with van der Waals surface area (Å²) in [6.07, 6.45) is 1.60. The topological polar surface area (TPSA) is 104 Å². The molecule has 8 heteroatoms. The number of hydrogen-bond acceptors (Lipinski definition) is 5. The third-order valence-electron chi connectivity index (χ3n) is 5.97. The van der Waals surface area contributed by atoms with E-state index >= 15 is 0 Å². The lowest BCUT2D eigenvalue weighted by Gasteiger charge is -2.30. The molecule has 0 aliphatic carbocycles. The molecule has 2 heterocycles. The van der Waals surface area contributed by atoms with Crippen LogP contribution < -0.4 is 10.5 Å². The van der Waals surface area contributed by atoms with E-state index in [1.807, 2.05) is 43.3 Å². The number of aromatic nitrogens is 2. The van der Waals surface area contributed by atoms with Crippen molar-refractivity contribution in [1.82, 2.24) is 15.1 Å². The maximum absolute atomic E-state index is 11.3.